The molecule has 0 fully saturated rings. The van der Waals surface area contributed by atoms with Crippen molar-refractivity contribution in [3.8, 4) is 11.8 Å². The second-order valence-electron chi connectivity index (χ2n) is 1.28. The Morgan fingerprint density at radius 3 is 2.43 bits per heavy atom. The van der Waals surface area contributed by atoms with Gasteiger partial charge in [0.05, 0.1) is 0 Å². The van der Waals surface area contributed by atoms with E-state index < -0.39 is 0 Å². The van der Waals surface area contributed by atoms with Crippen LogP contribution in [-0.2, 0) is 0 Å². The Morgan fingerprint density at radius 2 is 2.29 bits per heavy atom. The van der Waals surface area contributed by atoms with Crippen LogP contribution in [-0.4, -0.2) is 7.85 Å². The van der Waals surface area contributed by atoms with Crippen LogP contribution in [0.4, 0.5) is 0 Å². The van der Waals surface area contributed by atoms with Crippen molar-refractivity contribution in [3.63, 3.8) is 0 Å². The lowest BCUT2D eigenvalue weighted by Crippen LogP contribution is -1.65. The summed E-state index contributed by atoms with van der Waals surface area (Å²) in [6.07, 6.45) is 1.68. The summed E-state index contributed by atoms with van der Waals surface area (Å²) in [5.41, 5.74) is 0.759. The summed E-state index contributed by atoms with van der Waals surface area (Å²) in [5, 5.41) is 0. The molecule has 7 heavy (non-hydrogen) atoms. The predicted octanol–water partition coefficient (Wildman–Crippen LogP) is 1.08. The van der Waals surface area contributed by atoms with E-state index in [0.717, 1.165) is 5.47 Å². The van der Waals surface area contributed by atoms with Crippen molar-refractivity contribution in [2.75, 3.05) is 0 Å². The van der Waals surface area contributed by atoms with Crippen molar-refractivity contribution in [1.82, 2.24) is 0 Å². The summed E-state index contributed by atoms with van der Waals surface area (Å²) in [7, 11) is 5.24. The maximum atomic E-state index is 5.24. The van der Waals surface area contributed by atoms with Crippen LogP contribution in [0.5, 0.6) is 0 Å². The zero-order chi connectivity index (χ0) is 5.70. The number of hydrogen-bond acceptors (Lipinski definition) is 0. The van der Waals surface area contributed by atoms with E-state index in [1.807, 2.05) is 6.92 Å². The zero-order valence-electron chi connectivity index (χ0n) is 4.65. The quantitative estimate of drug-likeness (QED) is 0.308. The molecule has 0 rings (SSSR count). The minimum absolute atomic E-state index is 0.759. The zero-order valence-corrected chi connectivity index (χ0v) is 4.65. The van der Waals surface area contributed by atoms with Crippen molar-refractivity contribution < 1.29 is 0 Å². The molecule has 2 radical (unpaired) electrons. The minimum Gasteiger partial charge on any atom is -0.113 e. The van der Waals surface area contributed by atoms with Gasteiger partial charge in [-0.1, -0.05) is 12.8 Å². The normalized spacial score (nSPS) is 9.71. The third kappa shape index (κ3) is 5.36. The predicted molar refractivity (Wildman–Crippen MR) is 33.0 cm³/mol. The lowest BCUT2D eigenvalue weighted by Gasteiger charge is -1.75. The first-order valence-corrected chi connectivity index (χ1v) is 2.12. The Bertz CT molecular complexity index is 119. The first-order chi connectivity index (χ1) is 3.27. The Balaban J connectivity index is 3.61. The third-order valence-corrected chi connectivity index (χ3v) is 0.444. The molecular weight excluding hydrogens is 82.9 g/mol. The fraction of sp³-hybridized carbons (Fsp3) is 0.333. The molecule has 0 N–H and O–H groups in total. The highest BCUT2D eigenvalue weighted by Gasteiger charge is 1.65. The van der Waals surface area contributed by atoms with Crippen molar-refractivity contribution >= 4 is 7.85 Å². The molecule has 0 spiro atoms. The topological polar surface area (TPSA) is 0 Å². The van der Waals surface area contributed by atoms with Crippen LogP contribution < -0.4 is 0 Å². The largest absolute Gasteiger partial charge is 0.113 e. The monoisotopic (exact) mass is 90.1 g/mol. The molecular formula is C6H7B. The second kappa shape index (κ2) is 3.55. The molecule has 0 aliphatic heterocycles. The van der Waals surface area contributed by atoms with E-state index in [-0.39, 0.29) is 0 Å². The molecule has 1 heteroatoms. The Labute approximate surface area is 46.0 Å². The average molecular weight is 89.9 g/mol. The van der Waals surface area contributed by atoms with Gasteiger partial charge < -0.3 is 0 Å². The highest BCUT2D eigenvalue weighted by Crippen LogP contribution is 1.77. The summed E-state index contributed by atoms with van der Waals surface area (Å²) in [4.78, 5) is 0. The lowest BCUT2D eigenvalue weighted by molar-refractivity contribution is 1.68. The Hall–Kier alpha value is -0.635. The van der Waals surface area contributed by atoms with Crippen molar-refractivity contribution in [2.24, 2.45) is 0 Å². The summed E-state index contributed by atoms with van der Waals surface area (Å²) in [6.45, 7) is 3.59. The highest BCUT2D eigenvalue weighted by atomic mass is 13.6. The maximum absolute atomic E-state index is 5.24. The Kier molecular flexibility index (Phi) is 3.23. The lowest BCUT2D eigenvalue weighted by atomic mass is 9.98. The first-order valence-electron chi connectivity index (χ1n) is 2.12. The molecule has 34 valence electrons. The van der Waals surface area contributed by atoms with Crippen LogP contribution in [0, 0.1) is 11.8 Å². The van der Waals surface area contributed by atoms with Crippen molar-refractivity contribution in [3.05, 3.63) is 11.5 Å². The van der Waals surface area contributed by atoms with Crippen LogP contribution >= 0.6 is 0 Å². The van der Waals surface area contributed by atoms with Crippen LogP contribution in [0.3, 0.4) is 0 Å². The van der Waals surface area contributed by atoms with Gasteiger partial charge in [-0.3, -0.25) is 0 Å². The molecule has 0 saturated carbocycles. The van der Waals surface area contributed by atoms with E-state index in [1.165, 1.54) is 0 Å². The molecule has 0 aromatic carbocycles. The van der Waals surface area contributed by atoms with Crippen molar-refractivity contribution in [1.29, 1.82) is 0 Å². The molecule has 0 bridgehead atoms. The molecule has 0 aromatic rings. The molecule has 0 atom stereocenters. The van der Waals surface area contributed by atoms with Gasteiger partial charge in [0, 0.05) is 0 Å². The fourth-order valence-corrected chi connectivity index (χ4v) is 0.186. The van der Waals surface area contributed by atoms with E-state index in [4.69, 9.17) is 7.85 Å². The van der Waals surface area contributed by atoms with Gasteiger partial charge in [-0.25, -0.2) is 0 Å². The van der Waals surface area contributed by atoms with Crippen LogP contribution in [0.1, 0.15) is 13.8 Å². The number of hydrogen-bond donors (Lipinski definition) is 0. The standard InChI is InChI=1S/C6H7B/c1-3-4-5-6(2)7/h5H,1-2H3. The third-order valence-electron chi connectivity index (χ3n) is 0.444. The van der Waals surface area contributed by atoms with Crippen LogP contribution in [0.15, 0.2) is 11.5 Å². The van der Waals surface area contributed by atoms with E-state index in [9.17, 15) is 0 Å². The molecule has 0 heterocycles. The average Bonchev–Trinajstić information content (AvgIpc) is 1.61. The van der Waals surface area contributed by atoms with Gasteiger partial charge in [0.15, 0.2) is 0 Å². The van der Waals surface area contributed by atoms with E-state index in [1.54, 1.807) is 13.0 Å². The van der Waals surface area contributed by atoms with Gasteiger partial charge in [-0.2, -0.15) is 0 Å². The molecule has 0 amide bonds. The molecule has 0 aliphatic carbocycles. The number of allylic oxidation sites excluding steroid dienone is 2. The van der Waals surface area contributed by atoms with Crippen LogP contribution in [0.25, 0.3) is 0 Å². The second-order valence-corrected chi connectivity index (χ2v) is 1.28. The van der Waals surface area contributed by atoms with Gasteiger partial charge in [-0.05, 0) is 13.0 Å². The van der Waals surface area contributed by atoms with Gasteiger partial charge >= 0.3 is 0 Å². The molecule has 0 nitrogen and oxygen atoms in total. The Morgan fingerprint density at radius 1 is 1.71 bits per heavy atom. The molecule has 0 unspecified atom stereocenters. The van der Waals surface area contributed by atoms with Gasteiger partial charge in [-0.15, -0.1) is 11.4 Å². The molecule has 0 aromatic heterocycles. The fourth-order valence-electron chi connectivity index (χ4n) is 0.186. The molecule has 0 saturated heterocycles. The van der Waals surface area contributed by atoms with Gasteiger partial charge in [0.1, 0.15) is 7.85 Å². The van der Waals surface area contributed by atoms with E-state index >= 15 is 0 Å². The smallest absolute Gasteiger partial charge is 0.108 e. The summed E-state index contributed by atoms with van der Waals surface area (Å²) < 4.78 is 0. The van der Waals surface area contributed by atoms with Gasteiger partial charge in [0.25, 0.3) is 0 Å². The molecule has 0 aliphatic rings. The summed E-state index contributed by atoms with van der Waals surface area (Å²) in [6, 6.07) is 0. The van der Waals surface area contributed by atoms with Crippen LogP contribution in [0.2, 0.25) is 0 Å². The van der Waals surface area contributed by atoms with Gasteiger partial charge in [0.2, 0.25) is 0 Å². The SMILES string of the molecule is [B]C(C)=CC#CC. The minimum atomic E-state index is 0.759. The number of rotatable bonds is 0. The maximum Gasteiger partial charge on any atom is 0.108 e. The van der Waals surface area contributed by atoms with Crippen molar-refractivity contribution in [2.45, 2.75) is 13.8 Å². The summed E-state index contributed by atoms with van der Waals surface area (Å²) in [5.74, 6) is 5.40. The summed E-state index contributed by atoms with van der Waals surface area (Å²) >= 11 is 0. The van der Waals surface area contributed by atoms with E-state index in [0.29, 0.717) is 0 Å². The first kappa shape index (κ1) is 6.36. The van der Waals surface area contributed by atoms with E-state index in [2.05, 4.69) is 11.8 Å². The highest BCUT2D eigenvalue weighted by molar-refractivity contribution is 6.21.